The summed E-state index contributed by atoms with van der Waals surface area (Å²) in [7, 11) is 3.75. The normalized spacial score (nSPS) is 11.4. The van der Waals surface area contributed by atoms with E-state index >= 15 is 0 Å². The third-order valence-electron chi connectivity index (χ3n) is 15.0. The number of ether oxygens (including phenoxy) is 2. The molecule has 0 atom stereocenters. The molecule has 16 heteroatoms. The second-order valence-corrected chi connectivity index (χ2v) is 20.2. The van der Waals surface area contributed by atoms with Crippen LogP contribution in [0.1, 0.15) is 47.0 Å². The van der Waals surface area contributed by atoms with Gasteiger partial charge < -0.3 is 24.6 Å². The van der Waals surface area contributed by atoms with Gasteiger partial charge in [-0.15, -0.1) is 0 Å². The highest BCUT2D eigenvalue weighted by Crippen LogP contribution is 2.39. The minimum absolute atomic E-state index is 0. The second-order valence-electron chi connectivity index (χ2n) is 20.2. The van der Waals surface area contributed by atoms with Crippen molar-refractivity contribution in [2.24, 2.45) is 0 Å². The van der Waals surface area contributed by atoms with Crippen molar-refractivity contribution in [3.63, 3.8) is 0 Å². The number of aliphatic hydroxyl groups excluding tert-OH is 1. The molecule has 6 heterocycles. The van der Waals surface area contributed by atoms with Crippen LogP contribution >= 0.6 is 0 Å². The minimum atomic E-state index is -0.983. The van der Waals surface area contributed by atoms with Crippen LogP contribution in [0.3, 0.4) is 0 Å². The van der Waals surface area contributed by atoms with Crippen LogP contribution in [-0.2, 0) is 15.9 Å². The van der Waals surface area contributed by atoms with Crippen molar-refractivity contribution in [1.82, 2.24) is 39.0 Å². The number of carboxylic acid groups (broad SMARTS) is 1. The maximum absolute atomic E-state index is 12.0. The first kappa shape index (κ1) is 57.7. The smallest absolute Gasteiger partial charge is 0.337 e. The average molecular weight is 1180 g/mol. The molecule has 0 amide bonds. The number of aromatic nitrogens is 8. The number of esters is 2. The highest BCUT2D eigenvalue weighted by Gasteiger charge is 2.26. The topological polar surface area (TPSA) is 201 Å². The fourth-order valence-corrected chi connectivity index (χ4v) is 10.7. The number of para-hydroxylation sites is 3. The zero-order chi connectivity index (χ0) is 62.7. The van der Waals surface area contributed by atoms with Crippen molar-refractivity contribution in [1.29, 1.82) is 0 Å². The van der Waals surface area contributed by atoms with Gasteiger partial charge in [0, 0.05) is 51.4 Å². The summed E-state index contributed by atoms with van der Waals surface area (Å²) < 4.78 is 23.7. The lowest BCUT2D eigenvalue weighted by molar-refractivity contribution is 0.0592. The lowest BCUT2D eigenvalue weighted by Crippen LogP contribution is -2.17. The summed E-state index contributed by atoms with van der Waals surface area (Å²) in [5.74, 6) is 0.427. The summed E-state index contributed by atoms with van der Waals surface area (Å²) in [4.78, 5) is 66.9. The molecule has 0 saturated heterocycles. The number of carboxylic acids is 1. The summed E-state index contributed by atoms with van der Waals surface area (Å²) in [6, 6.07) is 74.0. The number of carbonyl (C=O) groups excluding carboxylic acids is 2. The van der Waals surface area contributed by atoms with E-state index < -0.39 is 11.9 Å². The molecule has 0 aliphatic carbocycles. The molecule has 2 N–H and O–H groups in total. The Morgan fingerprint density at radius 2 is 0.798 bits per heavy atom. The number of hydrogen-bond acceptors (Lipinski definition) is 13. The molecular formula is C73H61N9O7. The number of anilines is 2. The number of aliphatic hydroxyl groups is 1. The number of fused-ring (bicyclic) bond motifs is 6. The second kappa shape index (κ2) is 26.3. The Kier molecular flexibility index (Phi) is 17.0. The van der Waals surface area contributed by atoms with Crippen LogP contribution in [0.4, 0.5) is 11.5 Å². The lowest BCUT2D eigenvalue weighted by atomic mass is 10.1. The van der Waals surface area contributed by atoms with E-state index in [4.69, 9.17) is 47.5 Å². The molecule has 0 spiro atoms. The molecule has 9 aromatic carbocycles. The highest BCUT2D eigenvalue weighted by atomic mass is 16.5. The molecule has 5 aromatic heterocycles. The number of aromatic carboxylic acids is 1. The van der Waals surface area contributed by atoms with E-state index in [0.717, 1.165) is 98.2 Å². The molecule has 0 bridgehead atoms. The first-order chi connectivity index (χ1) is 44.2. The largest absolute Gasteiger partial charge is 0.478 e. The van der Waals surface area contributed by atoms with Crippen LogP contribution in [0.25, 0.3) is 100 Å². The van der Waals surface area contributed by atoms with E-state index in [1.165, 1.54) is 19.8 Å². The fourth-order valence-electron chi connectivity index (χ4n) is 10.7. The number of hydrogen-bond donors (Lipinski definition) is 2. The van der Waals surface area contributed by atoms with Gasteiger partial charge in [-0.2, -0.15) is 0 Å². The lowest BCUT2D eigenvalue weighted by Gasteiger charge is -2.22. The quantitative estimate of drug-likeness (QED) is 0.129. The molecule has 0 fully saturated rings. The Balaban J connectivity index is 0.000000145. The van der Waals surface area contributed by atoms with Gasteiger partial charge in [-0.1, -0.05) is 153 Å². The predicted molar refractivity (Wildman–Crippen MR) is 352 cm³/mol. The van der Waals surface area contributed by atoms with Gasteiger partial charge in [0.2, 0.25) is 0 Å². The van der Waals surface area contributed by atoms with Gasteiger partial charge in [0.25, 0.3) is 0 Å². The van der Waals surface area contributed by atoms with Gasteiger partial charge >= 0.3 is 17.9 Å². The van der Waals surface area contributed by atoms with Gasteiger partial charge in [-0.3, -0.25) is 9.13 Å². The van der Waals surface area contributed by atoms with E-state index in [-0.39, 0.29) is 19.0 Å². The van der Waals surface area contributed by atoms with Crippen LogP contribution in [0, 0.1) is 0 Å². The number of methoxy groups -OCH3 is 2. The van der Waals surface area contributed by atoms with Gasteiger partial charge in [0.1, 0.15) is 17.1 Å². The van der Waals surface area contributed by atoms with E-state index in [0.29, 0.717) is 44.8 Å². The minimum Gasteiger partial charge on any atom is -0.478 e. The van der Waals surface area contributed by atoms with Crippen molar-refractivity contribution in [2.75, 3.05) is 32.8 Å². The number of rotatable bonds is 9. The Hall–Kier alpha value is -11.8. The van der Waals surface area contributed by atoms with Crippen LogP contribution in [-0.4, -0.2) is 95.0 Å². The summed E-state index contributed by atoms with van der Waals surface area (Å²) >= 11 is 0. The predicted octanol–water partition coefficient (Wildman–Crippen LogP) is 15.2. The van der Waals surface area contributed by atoms with Crippen molar-refractivity contribution in [3.05, 3.63) is 265 Å². The third kappa shape index (κ3) is 12.0. The molecule has 1 aliphatic rings. The van der Waals surface area contributed by atoms with Gasteiger partial charge in [-0.25, -0.2) is 44.3 Å². The Labute approximate surface area is 515 Å². The SMILES string of the molecule is C.CO.COC(=O)c1ccc2nc(-c3ccccc3)c(-n3ccc4ccccc43)nc2c1.COC(=O)c1ccc2nc(-c3ccccc3)c(N3CCc4ccccc43)nc2c1.O=C(O)c1ccc2nc(-c3ccccc3)c(-n3ccc4ccccc43)nc2c1.[2H][2H]. The van der Waals surface area contributed by atoms with E-state index in [1.807, 2.05) is 167 Å². The van der Waals surface area contributed by atoms with E-state index in [9.17, 15) is 19.5 Å². The van der Waals surface area contributed by atoms with Crippen molar-refractivity contribution < 1.29 is 37.0 Å². The summed E-state index contributed by atoms with van der Waals surface area (Å²) in [5.41, 5.74) is 14.9. The van der Waals surface area contributed by atoms with Gasteiger partial charge in [-0.05, 0) is 108 Å². The third-order valence-corrected chi connectivity index (χ3v) is 15.0. The monoisotopic (exact) mass is 1180 g/mol. The summed E-state index contributed by atoms with van der Waals surface area (Å²) in [5, 5.41) is 18.5. The highest BCUT2D eigenvalue weighted by molar-refractivity contribution is 5.97. The van der Waals surface area contributed by atoms with Crippen molar-refractivity contribution >= 4 is 84.3 Å². The van der Waals surface area contributed by atoms with Crippen molar-refractivity contribution in [3.8, 4) is 45.4 Å². The summed E-state index contributed by atoms with van der Waals surface area (Å²) in [6.45, 7) is 0.843. The zero-order valence-corrected chi connectivity index (χ0v) is 48.0. The van der Waals surface area contributed by atoms with Gasteiger partial charge in [0.05, 0.1) is 75.0 Å². The van der Waals surface area contributed by atoms with E-state index in [2.05, 4.69) is 41.3 Å². The van der Waals surface area contributed by atoms with Gasteiger partial charge in [0.15, 0.2) is 17.5 Å². The van der Waals surface area contributed by atoms with Crippen LogP contribution in [0.5, 0.6) is 0 Å². The molecule has 89 heavy (non-hydrogen) atoms. The molecule has 440 valence electrons. The molecule has 16 nitrogen and oxygen atoms in total. The number of carbonyl (C=O) groups is 3. The number of benzene rings is 9. The molecule has 0 saturated carbocycles. The van der Waals surface area contributed by atoms with Crippen LogP contribution in [0.2, 0.25) is 0 Å². The number of nitrogens with zero attached hydrogens (tertiary/aromatic N) is 9. The Morgan fingerprint density at radius 1 is 0.427 bits per heavy atom. The zero-order valence-electron chi connectivity index (χ0n) is 50.0. The van der Waals surface area contributed by atoms with Crippen LogP contribution in [0.15, 0.2) is 243 Å². The maximum Gasteiger partial charge on any atom is 0.337 e. The van der Waals surface area contributed by atoms with Crippen LogP contribution < -0.4 is 4.90 Å². The molecule has 15 rings (SSSR count). The standard InChI is InChI=1S/C24H19N3O2.C24H17N3O2.C23H15N3O2.CH4O.CH4.H2/c2*1-29-24(28)18-11-12-19-20(15-18)26-23(22(25-19)17-8-3-2-4-9-17)27-14-13-16-7-5-6-10-21(16)27;27-23(28)17-10-11-18-19(14-17)25-22(21(24-18)16-7-2-1-3-8-16)26-13-12-15-6-4-5-9-20(15)26;1-2;;/h2-12,15H,13-14H2,1H3;2-15H,1H3;1-14H,(H,27,28);2H,1H3;1H4;1H/i;;;;;1+1D. The Bertz CT molecular complexity index is 4920. The Morgan fingerprint density at radius 3 is 1.24 bits per heavy atom. The first-order valence-corrected chi connectivity index (χ1v) is 28.1. The molecule has 0 radical (unpaired) electrons. The first-order valence-electron chi connectivity index (χ1n) is 29.1. The molecule has 1 aliphatic heterocycles. The molecule has 14 aromatic rings. The fraction of sp³-hybridized carbons (Fsp3) is 0.0822. The van der Waals surface area contributed by atoms with E-state index in [1.54, 1.807) is 48.5 Å². The summed E-state index contributed by atoms with van der Waals surface area (Å²) in [6.07, 6.45) is 4.93. The maximum atomic E-state index is 12.0. The van der Waals surface area contributed by atoms with Crippen molar-refractivity contribution in [2.45, 2.75) is 13.8 Å². The molecular weight excluding hydrogens is 1110 g/mol. The molecule has 0 unspecified atom stereocenters. The average Bonchev–Trinajstić information content (AvgIpc) is 1.81.